The van der Waals surface area contributed by atoms with E-state index in [1.165, 1.54) is 5.57 Å². The van der Waals surface area contributed by atoms with E-state index in [2.05, 4.69) is 31.7 Å². The quantitative estimate of drug-likeness (QED) is 0.683. The molecule has 17 heavy (non-hydrogen) atoms. The van der Waals surface area contributed by atoms with E-state index < -0.39 is 0 Å². The summed E-state index contributed by atoms with van der Waals surface area (Å²) in [5.74, 6) is 0.996. The molecule has 96 valence electrons. The Hall–Kier alpha value is -0.790. The van der Waals surface area contributed by atoms with Crippen LogP contribution in [-0.2, 0) is 4.79 Å². The molecule has 1 amide bonds. The zero-order valence-electron chi connectivity index (χ0n) is 11.4. The van der Waals surface area contributed by atoms with E-state index in [0.717, 1.165) is 38.5 Å². The van der Waals surface area contributed by atoms with Crippen LogP contribution in [0.3, 0.4) is 0 Å². The molecule has 2 heteroatoms. The van der Waals surface area contributed by atoms with Crippen molar-refractivity contribution in [2.45, 2.75) is 71.4 Å². The van der Waals surface area contributed by atoms with Crippen molar-refractivity contribution in [3.05, 3.63) is 11.6 Å². The molecule has 2 rings (SSSR count). The Kier molecular flexibility index (Phi) is 3.90. The number of nitrogens with zero attached hydrogens (tertiary/aromatic N) is 1. The molecule has 2 heterocycles. The van der Waals surface area contributed by atoms with Gasteiger partial charge in [0.15, 0.2) is 0 Å². The van der Waals surface area contributed by atoms with Crippen molar-refractivity contribution in [1.82, 2.24) is 4.90 Å². The van der Waals surface area contributed by atoms with E-state index in [0.29, 0.717) is 23.9 Å². The molecule has 2 nitrogen and oxygen atoms in total. The lowest BCUT2D eigenvalue weighted by Gasteiger charge is -2.42. The zero-order valence-corrected chi connectivity index (χ0v) is 11.4. The van der Waals surface area contributed by atoms with Crippen LogP contribution in [0.4, 0.5) is 0 Å². The Labute approximate surface area is 105 Å². The highest BCUT2D eigenvalue weighted by Gasteiger charge is 2.42. The first kappa shape index (κ1) is 12.7. The molecule has 0 N–H and O–H groups in total. The molecule has 3 atom stereocenters. The van der Waals surface area contributed by atoms with E-state index in [4.69, 9.17) is 0 Å². The molecule has 2 aliphatic rings. The molecule has 0 aromatic rings. The Morgan fingerprint density at radius 3 is 2.71 bits per heavy atom. The minimum atomic E-state index is 0.394. The normalized spacial score (nSPS) is 32.6. The molecule has 2 aliphatic heterocycles. The molecular formula is C15H25NO. The van der Waals surface area contributed by atoms with Gasteiger partial charge < -0.3 is 4.90 Å². The van der Waals surface area contributed by atoms with E-state index in [1.54, 1.807) is 0 Å². The van der Waals surface area contributed by atoms with Gasteiger partial charge in [-0.3, -0.25) is 4.79 Å². The number of rotatable bonds is 4. The van der Waals surface area contributed by atoms with Gasteiger partial charge in [0.2, 0.25) is 5.91 Å². The van der Waals surface area contributed by atoms with Crippen molar-refractivity contribution in [1.29, 1.82) is 0 Å². The van der Waals surface area contributed by atoms with Crippen LogP contribution in [0, 0.1) is 5.92 Å². The van der Waals surface area contributed by atoms with Crippen LogP contribution in [0.2, 0.25) is 0 Å². The molecular weight excluding hydrogens is 210 g/mol. The fourth-order valence-corrected chi connectivity index (χ4v) is 3.57. The minimum absolute atomic E-state index is 0.394. The van der Waals surface area contributed by atoms with Gasteiger partial charge in [-0.25, -0.2) is 0 Å². The van der Waals surface area contributed by atoms with Crippen LogP contribution < -0.4 is 0 Å². The summed E-state index contributed by atoms with van der Waals surface area (Å²) >= 11 is 0. The van der Waals surface area contributed by atoms with Crippen LogP contribution in [0.5, 0.6) is 0 Å². The summed E-state index contributed by atoms with van der Waals surface area (Å²) in [7, 11) is 0. The van der Waals surface area contributed by atoms with E-state index in [1.807, 2.05) is 0 Å². The summed E-state index contributed by atoms with van der Waals surface area (Å²) in [5.41, 5.74) is 1.50. The number of hydrogen-bond acceptors (Lipinski definition) is 1. The summed E-state index contributed by atoms with van der Waals surface area (Å²) < 4.78 is 0. The second kappa shape index (κ2) is 5.24. The fourth-order valence-electron chi connectivity index (χ4n) is 3.57. The van der Waals surface area contributed by atoms with Gasteiger partial charge in [-0.1, -0.05) is 38.8 Å². The van der Waals surface area contributed by atoms with Gasteiger partial charge in [0, 0.05) is 12.5 Å². The summed E-state index contributed by atoms with van der Waals surface area (Å²) in [6.07, 6.45) is 8.89. The average molecular weight is 235 g/mol. The standard InChI is InChI=1S/C15H25NO/c1-4-7-13-11(5-2)10-12(6-3)14-8-9-15(17)16(13)14/h10,12-14H,4-9H2,1-3H3/t12-,13+,14-/m0/s1. The Balaban J connectivity index is 2.31. The monoisotopic (exact) mass is 235 g/mol. The lowest BCUT2D eigenvalue weighted by Crippen LogP contribution is -2.48. The molecule has 0 bridgehead atoms. The van der Waals surface area contributed by atoms with Gasteiger partial charge in [0.1, 0.15) is 0 Å². The topological polar surface area (TPSA) is 20.3 Å². The molecule has 0 aromatic heterocycles. The predicted octanol–water partition coefficient (Wildman–Crippen LogP) is 3.52. The molecule has 0 saturated carbocycles. The third-order valence-electron chi connectivity index (χ3n) is 4.43. The SMILES string of the molecule is CCC[C@@H]1C(CC)=C[C@H](CC)[C@@H]2CCC(=O)N12. The average Bonchev–Trinajstić information content (AvgIpc) is 2.72. The molecule has 1 fully saturated rings. The van der Waals surface area contributed by atoms with E-state index >= 15 is 0 Å². The highest BCUT2D eigenvalue weighted by Crippen LogP contribution is 2.38. The van der Waals surface area contributed by atoms with Crippen molar-refractivity contribution in [3.63, 3.8) is 0 Å². The van der Waals surface area contributed by atoms with E-state index in [9.17, 15) is 4.79 Å². The Morgan fingerprint density at radius 1 is 1.35 bits per heavy atom. The molecule has 1 saturated heterocycles. The molecule has 0 radical (unpaired) electrons. The molecule has 0 aromatic carbocycles. The van der Waals surface area contributed by atoms with Crippen LogP contribution in [-0.4, -0.2) is 22.9 Å². The number of carbonyl (C=O) groups is 1. The maximum Gasteiger partial charge on any atom is 0.223 e. The largest absolute Gasteiger partial charge is 0.332 e. The number of amides is 1. The van der Waals surface area contributed by atoms with Crippen molar-refractivity contribution in [3.8, 4) is 0 Å². The van der Waals surface area contributed by atoms with Crippen molar-refractivity contribution in [2.75, 3.05) is 0 Å². The molecule has 0 unspecified atom stereocenters. The number of carbonyl (C=O) groups excluding carboxylic acids is 1. The summed E-state index contributed by atoms with van der Waals surface area (Å²) in [6.45, 7) is 6.69. The van der Waals surface area contributed by atoms with Gasteiger partial charge >= 0.3 is 0 Å². The minimum Gasteiger partial charge on any atom is -0.332 e. The highest BCUT2D eigenvalue weighted by molar-refractivity contribution is 5.80. The first-order valence-electron chi connectivity index (χ1n) is 7.24. The summed E-state index contributed by atoms with van der Waals surface area (Å²) in [4.78, 5) is 14.3. The first-order valence-corrected chi connectivity index (χ1v) is 7.24. The van der Waals surface area contributed by atoms with Crippen molar-refractivity contribution >= 4 is 5.91 Å². The highest BCUT2D eigenvalue weighted by atomic mass is 16.2. The lowest BCUT2D eigenvalue weighted by molar-refractivity contribution is -0.131. The number of hydrogen-bond donors (Lipinski definition) is 0. The van der Waals surface area contributed by atoms with Gasteiger partial charge in [-0.2, -0.15) is 0 Å². The van der Waals surface area contributed by atoms with Gasteiger partial charge in [0.05, 0.1) is 6.04 Å². The van der Waals surface area contributed by atoms with Crippen molar-refractivity contribution in [2.24, 2.45) is 5.92 Å². The lowest BCUT2D eigenvalue weighted by atomic mass is 9.83. The summed E-state index contributed by atoms with van der Waals surface area (Å²) in [5, 5.41) is 0. The van der Waals surface area contributed by atoms with Gasteiger partial charge in [-0.15, -0.1) is 0 Å². The zero-order chi connectivity index (χ0) is 12.4. The Morgan fingerprint density at radius 2 is 2.12 bits per heavy atom. The third-order valence-corrected chi connectivity index (χ3v) is 4.43. The maximum atomic E-state index is 12.1. The van der Waals surface area contributed by atoms with Gasteiger partial charge in [0.25, 0.3) is 0 Å². The molecule has 0 aliphatic carbocycles. The van der Waals surface area contributed by atoms with Crippen LogP contribution >= 0.6 is 0 Å². The predicted molar refractivity (Wildman–Crippen MR) is 70.7 cm³/mol. The van der Waals surface area contributed by atoms with Crippen molar-refractivity contribution < 1.29 is 4.79 Å². The second-order valence-electron chi connectivity index (χ2n) is 5.38. The third kappa shape index (κ3) is 2.14. The molecule has 0 spiro atoms. The van der Waals surface area contributed by atoms with Gasteiger partial charge in [-0.05, 0) is 31.6 Å². The first-order chi connectivity index (χ1) is 8.22. The van der Waals surface area contributed by atoms with E-state index in [-0.39, 0.29) is 0 Å². The number of fused-ring (bicyclic) bond motifs is 1. The van der Waals surface area contributed by atoms with Crippen LogP contribution in [0.1, 0.15) is 59.3 Å². The summed E-state index contributed by atoms with van der Waals surface area (Å²) in [6, 6.07) is 0.909. The maximum absolute atomic E-state index is 12.1. The Bertz CT molecular complexity index is 321. The van der Waals surface area contributed by atoms with Crippen LogP contribution in [0.15, 0.2) is 11.6 Å². The fraction of sp³-hybridized carbons (Fsp3) is 0.800. The van der Waals surface area contributed by atoms with Crippen LogP contribution in [0.25, 0.3) is 0 Å². The second-order valence-corrected chi connectivity index (χ2v) is 5.38. The smallest absolute Gasteiger partial charge is 0.223 e.